The molecule has 2 amide bonds. The molecule has 0 bridgehead atoms. The normalized spacial score (nSPS) is 17.3. The first-order valence-corrected chi connectivity index (χ1v) is 9.51. The first kappa shape index (κ1) is 17.8. The van der Waals surface area contributed by atoms with Gasteiger partial charge in [-0.3, -0.25) is 0 Å². The van der Waals surface area contributed by atoms with Gasteiger partial charge in [-0.25, -0.2) is 9.78 Å². The van der Waals surface area contributed by atoms with Gasteiger partial charge in [-0.15, -0.1) is 0 Å². The summed E-state index contributed by atoms with van der Waals surface area (Å²) in [4.78, 5) is 18.7. The number of benzene rings is 1. The van der Waals surface area contributed by atoms with Crippen molar-refractivity contribution >= 4 is 12.1 Å². The average molecular weight is 366 g/mol. The largest absolute Gasteiger partial charge is 0.383 e. The van der Waals surface area contributed by atoms with Crippen LogP contribution in [0.15, 0.2) is 42.9 Å². The smallest absolute Gasteiger partial charge is 0.317 e. The number of aromatic nitrogens is 2. The molecule has 27 heavy (non-hydrogen) atoms. The Morgan fingerprint density at radius 1 is 1.30 bits per heavy atom. The minimum absolute atomic E-state index is 0.000367. The van der Waals surface area contributed by atoms with E-state index in [1.165, 1.54) is 11.1 Å². The fourth-order valence-electron chi connectivity index (χ4n) is 4.14. The summed E-state index contributed by atoms with van der Waals surface area (Å²) in [7, 11) is 1.68. The molecule has 0 saturated carbocycles. The van der Waals surface area contributed by atoms with Crippen LogP contribution in [-0.2, 0) is 23.2 Å². The molecule has 0 atom stereocenters. The van der Waals surface area contributed by atoms with Crippen molar-refractivity contribution in [1.29, 1.82) is 0 Å². The Kier molecular flexibility index (Phi) is 4.99. The fraction of sp³-hybridized carbons (Fsp3) is 0.429. The molecule has 0 radical (unpaired) electrons. The van der Waals surface area contributed by atoms with Gasteiger partial charge in [0.2, 0.25) is 0 Å². The van der Waals surface area contributed by atoms with E-state index in [0.29, 0.717) is 13.2 Å². The predicted molar refractivity (Wildman–Crippen MR) is 104 cm³/mol. The highest BCUT2D eigenvalue weighted by molar-refractivity contribution is 5.74. The van der Waals surface area contributed by atoms with E-state index in [1.54, 1.807) is 19.6 Å². The Labute approximate surface area is 159 Å². The second kappa shape index (κ2) is 7.56. The molecule has 1 fully saturated rings. The van der Waals surface area contributed by atoms with E-state index in [0.717, 1.165) is 38.2 Å². The van der Waals surface area contributed by atoms with Crippen molar-refractivity contribution in [3.63, 3.8) is 0 Å². The van der Waals surface area contributed by atoms with Crippen LogP contribution in [-0.4, -0.2) is 47.3 Å². The summed E-state index contributed by atoms with van der Waals surface area (Å²) in [5.74, 6) is 0. The van der Waals surface area contributed by atoms with Gasteiger partial charge >= 0.3 is 6.03 Å². The third-order valence-electron chi connectivity index (χ3n) is 5.78. The standard InChI is InChI=1S/C21H26N4O2/c1-27-13-12-25-16-22-14-18(25)15-23-20(26)24-10-8-21(9-11-24)7-6-17-4-2-3-5-19(17)21/h2-7,14,16H,8-13,15H2,1H3,(H,23,26). The number of urea groups is 1. The predicted octanol–water partition coefficient (Wildman–Crippen LogP) is 2.80. The van der Waals surface area contributed by atoms with E-state index in [1.807, 2.05) is 9.47 Å². The number of nitrogens with zero attached hydrogens (tertiary/aromatic N) is 3. The molecule has 6 nitrogen and oxygen atoms in total. The highest BCUT2D eigenvalue weighted by Gasteiger charge is 2.38. The van der Waals surface area contributed by atoms with Gasteiger partial charge in [0.15, 0.2) is 0 Å². The molecule has 1 spiro atoms. The van der Waals surface area contributed by atoms with Gasteiger partial charge in [0.05, 0.1) is 25.2 Å². The summed E-state index contributed by atoms with van der Waals surface area (Å²) in [6, 6.07) is 8.60. The van der Waals surface area contributed by atoms with E-state index in [9.17, 15) is 4.79 Å². The molecule has 2 aliphatic rings. The van der Waals surface area contributed by atoms with Crippen LogP contribution >= 0.6 is 0 Å². The van der Waals surface area contributed by atoms with Crippen molar-refractivity contribution in [1.82, 2.24) is 19.8 Å². The molecule has 1 aromatic heterocycles. The Hall–Kier alpha value is -2.60. The first-order valence-electron chi connectivity index (χ1n) is 9.51. The van der Waals surface area contributed by atoms with Crippen molar-refractivity contribution in [2.75, 3.05) is 26.8 Å². The number of nitrogens with one attached hydrogen (secondary N) is 1. The lowest BCUT2D eigenvalue weighted by molar-refractivity contribution is 0.169. The molecule has 1 aliphatic heterocycles. The summed E-state index contributed by atoms with van der Waals surface area (Å²) in [6.07, 6.45) is 10.1. The summed E-state index contributed by atoms with van der Waals surface area (Å²) >= 11 is 0. The van der Waals surface area contributed by atoms with Crippen molar-refractivity contribution in [3.05, 3.63) is 59.7 Å². The third-order valence-corrected chi connectivity index (χ3v) is 5.78. The molecule has 4 rings (SSSR count). The van der Waals surface area contributed by atoms with Gasteiger partial charge in [0.25, 0.3) is 0 Å². The van der Waals surface area contributed by atoms with Gasteiger partial charge < -0.3 is 19.5 Å². The number of hydrogen-bond acceptors (Lipinski definition) is 3. The number of carbonyl (C=O) groups is 1. The zero-order valence-electron chi connectivity index (χ0n) is 15.7. The molecule has 1 N–H and O–H groups in total. The number of hydrogen-bond donors (Lipinski definition) is 1. The van der Waals surface area contributed by atoms with Crippen molar-refractivity contribution < 1.29 is 9.53 Å². The van der Waals surface area contributed by atoms with Gasteiger partial charge in [0.1, 0.15) is 0 Å². The third kappa shape index (κ3) is 3.49. The molecule has 1 aromatic carbocycles. The minimum atomic E-state index is -0.000367. The van der Waals surface area contributed by atoms with Gasteiger partial charge in [0, 0.05) is 38.4 Å². The summed E-state index contributed by atoms with van der Waals surface area (Å²) in [6.45, 7) is 3.38. The first-order chi connectivity index (χ1) is 13.2. The van der Waals surface area contributed by atoms with E-state index in [-0.39, 0.29) is 11.4 Å². The lowest BCUT2D eigenvalue weighted by atomic mass is 9.74. The fourth-order valence-corrected chi connectivity index (χ4v) is 4.14. The zero-order chi connectivity index (χ0) is 18.7. The van der Waals surface area contributed by atoms with Gasteiger partial charge in [-0.2, -0.15) is 0 Å². The van der Waals surface area contributed by atoms with Crippen molar-refractivity contribution in [2.24, 2.45) is 0 Å². The number of rotatable bonds is 5. The molecule has 142 valence electrons. The van der Waals surface area contributed by atoms with E-state index < -0.39 is 0 Å². The number of fused-ring (bicyclic) bond motifs is 2. The Bertz CT molecular complexity index is 834. The van der Waals surface area contributed by atoms with Gasteiger partial charge in [-0.1, -0.05) is 36.4 Å². The van der Waals surface area contributed by atoms with E-state index in [4.69, 9.17) is 4.74 Å². The zero-order valence-corrected chi connectivity index (χ0v) is 15.7. The number of ether oxygens (including phenoxy) is 1. The maximum atomic E-state index is 12.6. The molecular formula is C21H26N4O2. The molecule has 0 unspecified atom stereocenters. The van der Waals surface area contributed by atoms with Crippen molar-refractivity contribution in [3.8, 4) is 0 Å². The quantitative estimate of drug-likeness (QED) is 0.885. The number of amides is 2. The topological polar surface area (TPSA) is 59.4 Å². The monoisotopic (exact) mass is 366 g/mol. The summed E-state index contributed by atoms with van der Waals surface area (Å²) in [5, 5.41) is 3.04. The number of imidazole rings is 1. The second-order valence-electron chi connectivity index (χ2n) is 7.29. The summed E-state index contributed by atoms with van der Waals surface area (Å²) in [5.41, 5.74) is 3.82. The number of likely N-dealkylation sites (tertiary alicyclic amines) is 1. The van der Waals surface area contributed by atoms with Crippen LogP contribution in [0.3, 0.4) is 0 Å². The molecule has 2 heterocycles. The molecule has 1 saturated heterocycles. The van der Waals surface area contributed by atoms with Crippen molar-refractivity contribution in [2.45, 2.75) is 31.3 Å². The molecule has 6 heteroatoms. The van der Waals surface area contributed by atoms with Crippen LogP contribution in [0.25, 0.3) is 6.08 Å². The molecule has 2 aromatic rings. The lowest BCUT2D eigenvalue weighted by Crippen LogP contribution is -2.47. The highest BCUT2D eigenvalue weighted by Crippen LogP contribution is 2.43. The average Bonchev–Trinajstić information content (AvgIpc) is 3.30. The Morgan fingerprint density at radius 3 is 2.93 bits per heavy atom. The van der Waals surface area contributed by atoms with Crippen LogP contribution < -0.4 is 5.32 Å². The van der Waals surface area contributed by atoms with Crippen LogP contribution in [0.5, 0.6) is 0 Å². The number of methoxy groups -OCH3 is 1. The van der Waals surface area contributed by atoms with Crippen LogP contribution in [0.1, 0.15) is 29.7 Å². The van der Waals surface area contributed by atoms with Crippen LogP contribution in [0.2, 0.25) is 0 Å². The maximum absolute atomic E-state index is 12.6. The SMILES string of the molecule is COCCn1cncc1CNC(=O)N1CCC2(C=Cc3ccccc32)CC1. The number of allylic oxidation sites excluding steroid dienone is 1. The van der Waals surface area contributed by atoms with Crippen LogP contribution in [0, 0.1) is 0 Å². The molecular weight excluding hydrogens is 340 g/mol. The summed E-state index contributed by atoms with van der Waals surface area (Å²) < 4.78 is 7.12. The lowest BCUT2D eigenvalue weighted by Gasteiger charge is -2.39. The maximum Gasteiger partial charge on any atom is 0.317 e. The van der Waals surface area contributed by atoms with E-state index >= 15 is 0 Å². The Balaban J connectivity index is 1.32. The van der Waals surface area contributed by atoms with E-state index in [2.05, 4.69) is 46.7 Å². The highest BCUT2D eigenvalue weighted by atomic mass is 16.5. The Morgan fingerprint density at radius 2 is 2.11 bits per heavy atom. The van der Waals surface area contributed by atoms with Crippen LogP contribution in [0.4, 0.5) is 4.79 Å². The molecule has 1 aliphatic carbocycles. The second-order valence-corrected chi connectivity index (χ2v) is 7.29. The number of carbonyl (C=O) groups excluding carboxylic acids is 1. The number of piperidine rings is 1. The minimum Gasteiger partial charge on any atom is -0.383 e. The van der Waals surface area contributed by atoms with Gasteiger partial charge in [-0.05, 0) is 24.0 Å².